The Labute approximate surface area is 548 Å². The number of carbonyl (C=O) groups excluding carboxylic acids is 4. The van der Waals surface area contributed by atoms with Gasteiger partial charge in [-0.05, 0) is 51.4 Å². The lowest BCUT2D eigenvalue weighted by Gasteiger charge is -2.21. The first kappa shape index (κ1) is 87.5. The van der Waals surface area contributed by atoms with Gasteiger partial charge >= 0.3 is 39.5 Å². The van der Waals surface area contributed by atoms with E-state index in [1.54, 1.807) is 0 Å². The van der Waals surface area contributed by atoms with Crippen LogP contribution in [0.5, 0.6) is 0 Å². The van der Waals surface area contributed by atoms with Crippen LogP contribution in [0.15, 0.2) is 24.3 Å². The minimum absolute atomic E-state index is 0.102. The third-order valence-electron chi connectivity index (χ3n) is 16.0. The van der Waals surface area contributed by atoms with Crippen molar-refractivity contribution in [2.45, 2.75) is 367 Å². The predicted molar refractivity (Wildman–Crippen MR) is 363 cm³/mol. The number of unbranched alkanes of at least 4 members (excludes halogenated alkanes) is 41. The highest BCUT2D eigenvalue weighted by Gasteiger charge is 2.30. The fraction of sp³-hybridized carbons (Fsp3) is 0.887. The molecule has 0 aliphatic carbocycles. The van der Waals surface area contributed by atoms with Gasteiger partial charge in [0.25, 0.3) is 0 Å². The monoisotopic (exact) mass is 1320 g/mol. The first-order chi connectivity index (χ1) is 43.7. The molecule has 0 radical (unpaired) electrons. The van der Waals surface area contributed by atoms with Gasteiger partial charge in [0.05, 0.1) is 26.4 Å². The summed E-state index contributed by atoms with van der Waals surface area (Å²) in [5, 5.41) is 10.6. The number of allylic oxidation sites excluding steroid dienone is 4. The van der Waals surface area contributed by atoms with Crippen molar-refractivity contribution >= 4 is 39.5 Å². The van der Waals surface area contributed by atoms with Gasteiger partial charge in [0.2, 0.25) is 0 Å². The lowest BCUT2D eigenvalue weighted by molar-refractivity contribution is -0.161. The zero-order valence-electron chi connectivity index (χ0n) is 57.6. The second-order valence-electron chi connectivity index (χ2n) is 24.9. The molecule has 2 unspecified atom stereocenters. The van der Waals surface area contributed by atoms with E-state index in [1.165, 1.54) is 154 Å². The van der Waals surface area contributed by atoms with Crippen LogP contribution in [0.3, 0.4) is 0 Å². The van der Waals surface area contributed by atoms with E-state index >= 15 is 0 Å². The average molecular weight is 1320 g/mol. The molecule has 0 aliphatic heterocycles. The van der Waals surface area contributed by atoms with Gasteiger partial charge in [-0.25, -0.2) is 9.13 Å². The van der Waals surface area contributed by atoms with Crippen molar-refractivity contribution in [2.24, 2.45) is 0 Å². The van der Waals surface area contributed by atoms with Gasteiger partial charge in [-0.15, -0.1) is 0 Å². The topological polar surface area (TPSA) is 237 Å². The number of rotatable bonds is 70. The maximum Gasteiger partial charge on any atom is 0.472 e. The number of phosphoric ester groups is 2. The molecule has 0 aromatic heterocycles. The summed E-state index contributed by atoms with van der Waals surface area (Å²) in [6, 6.07) is 0. The molecule has 3 N–H and O–H groups in total. The smallest absolute Gasteiger partial charge is 0.462 e. The highest BCUT2D eigenvalue weighted by Crippen LogP contribution is 2.45. The Morgan fingerprint density at radius 1 is 0.311 bits per heavy atom. The van der Waals surface area contributed by atoms with E-state index in [0.717, 1.165) is 116 Å². The highest BCUT2D eigenvalue weighted by molar-refractivity contribution is 7.47. The van der Waals surface area contributed by atoms with Crippen molar-refractivity contribution in [3.05, 3.63) is 24.3 Å². The summed E-state index contributed by atoms with van der Waals surface area (Å²) in [5.74, 6) is -2.16. The van der Waals surface area contributed by atoms with Crippen LogP contribution in [0.2, 0.25) is 0 Å². The Morgan fingerprint density at radius 2 is 0.533 bits per heavy atom. The molecule has 530 valence electrons. The van der Waals surface area contributed by atoms with Crippen molar-refractivity contribution in [3.63, 3.8) is 0 Å². The molecular formula is C71H134O17P2. The molecule has 0 heterocycles. The summed E-state index contributed by atoms with van der Waals surface area (Å²) in [7, 11) is -9.90. The molecule has 5 atom stereocenters. The number of aliphatic hydroxyl groups is 1. The van der Waals surface area contributed by atoms with Crippen molar-refractivity contribution in [1.29, 1.82) is 0 Å². The summed E-state index contributed by atoms with van der Waals surface area (Å²) in [6.07, 6.45) is 56.6. The lowest BCUT2D eigenvalue weighted by Crippen LogP contribution is -2.30. The fourth-order valence-electron chi connectivity index (χ4n) is 10.3. The van der Waals surface area contributed by atoms with Crippen LogP contribution in [0.1, 0.15) is 349 Å². The van der Waals surface area contributed by atoms with Gasteiger partial charge in [-0.2, -0.15) is 0 Å². The van der Waals surface area contributed by atoms with E-state index in [-0.39, 0.29) is 25.7 Å². The normalized spacial score (nSPS) is 14.2. The summed E-state index contributed by atoms with van der Waals surface area (Å²) in [6.45, 7) is 4.81. The lowest BCUT2D eigenvalue weighted by atomic mass is 10.0. The molecule has 0 rings (SSSR count). The van der Waals surface area contributed by atoms with Crippen LogP contribution in [0.4, 0.5) is 0 Å². The van der Waals surface area contributed by atoms with Crippen LogP contribution in [-0.2, 0) is 65.4 Å². The van der Waals surface area contributed by atoms with Crippen molar-refractivity contribution in [2.75, 3.05) is 39.6 Å². The molecule has 0 amide bonds. The number of hydrogen-bond acceptors (Lipinski definition) is 15. The minimum Gasteiger partial charge on any atom is -0.462 e. The van der Waals surface area contributed by atoms with Gasteiger partial charge in [-0.3, -0.25) is 37.3 Å². The second-order valence-corrected chi connectivity index (χ2v) is 27.8. The third kappa shape index (κ3) is 64.3. The van der Waals surface area contributed by atoms with Crippen LogP contribution < -0.4 is 0 Å². The van der Waals surface area contributed by atoms with Crippen molar-refractivity contribution < 1.29 is 80.2 Å². The molecule has 0 saturated heterocycles. The van der Waals surface area contributed by atoms with Crippen molar-refractivity contribution in [3.8, 4) is 0 Å². The maximum absolute atomic E-state index is 13.0. The quantitative estimate of drug-likeness (QED) is 0.0169. The van der Waals surface area contributed by atoms with E-state index < -0.39 is 97.5 Å². The van der Waals surface area contributed by atoms with Gasteiger partial charge in [0.15, 0.2) is 12.2 Å². The summed E-state index contributed by atoms with van der Waals surface area (Å²) < 4.78 is 68.1. The first-order valence-corrected chi connectivity index (χ1v) is 39.6. The Bertz CT molecular complexity index is 1820. The molecule has 0 fully saturated rings. The Morgan fingerprint density at radius 3 is 0.811 bits per heavy atom. The number of esters is 4. The van der Waals surface area contributed by atoms with Crippen LogP contribution in [0, 0.1) is 0 Å². The number of aliphatic hydroxyl groups excluding tert-OH is 1. The van der Waals surface area contributed by atoms with E-state index in [4.69, 9.17) is 37.0 Å². The number of ether oxygens (including phenoxy) is 4. The molecule has 90 heavy (non-hydrogen) atoms. The molecular weight excluding hydrogens is 1190 g/mol. The molecule has 0 aromatic rings. The van der Waals surface area contributed by atoms with Gasteiger partial charge in [0.1, 0.15) is 19.3 Å². The van der Waals surface area contributed by atoms with E-state index in [0.29, 0.717) is 25.7 Å². The van der Waals surface area contributed by atoms with Crippen LogP contribution >= 0.6 is 15.6 Å². The molecule has 0 spiro atoms. The van der Waals surface area contributed by atoms with Gasteiger partial charge in [-0.1, -0.05) is 296 Å². The zero-order valence-corrected chi connectivity index (χ0v) is 59.4. The average Bonchev–Trinajstić information content (AvgIpc) is 3.72. The number of hydrogen-bond donors (Lipinski definition) is 3. The highest BCUT2D eigenvalue weighted by atomic mass is 31.2. The van der Waals surface area contributed by atoms with E-state index in [9.17, 15) is 43.2 Å². The minimum atomic E-state index is -4.96. The zero-order chi connectivity index (χ0) is 66.1. The molecule has 0 saturated carbocycles. The molecule has 19 heteroatoms. The van der Waals surface area contributed by atoms with Gasteiger partial charge < -0.3 is 33.8 Å². The largest absolute Gasteiger partial charge is 0.472 e. The summed E-state index contributed by atoms with van der Waals surface area (Å²) in [4.78, 5) is 72.3. The van der Waals surface area contributed by atoms with Crippen LogP contribution in [-0.4, -0.2) is 96.7 Å². The second kappa shape index (κ2) is 65.2. The fourth-order valence-corrected chi connectivity index (χ4v) is 11.9. The standard InChI is InChI=1S/C71H134O17P2/c1-5-9-13-17-20-23-26-29-32-34-37-40-43-46-50-54-58-71(76)88-67(62-82-69(74)56-52-48-44-41-38-36-33-30-27-24-21-18-14-10-6-2)64-86-90(79,80)84-60-65(72)59-83-89(77,78)85-63-66(61-81-68(73)55-51-47-16-12-8-4)87-70(75)57-53-49-45-42-39-35-31-28-25-22-19-15-11-7-3/h24,27,30,33,65-67,72H,5-23,25-26,28-29,31-32,34-64H2,1-4H3,(H,77,78)(H,79,80)/b27-24-,33-30-/t65-,66+,67+/m0/s1. The predicted octanol–water partition coefficient (Wildman–Crippen LogP) is 20.2. The molecule has 0 aromatic carbocycles. The van der Waals surface area contributed by atoms with Gasteiger partial charge in [0, 0.05) is 25.7 Å². The van der Waals surface area contributed by atoms with E-state index in [2.05, 4.69) is 52.0 Å². The summed E-state index contributed by atoms with van der Waals surface area (Å²) >= 11 is 0. The SMILES string of the molecule is CCCCCC/C=C\C=C/CCCCCCCC(=O)OC[C@H](COP(=O)(O)OC[C@@H](O)COP(=O)(O)OC[C@@H](COC(=O)CCCCCCC)OC(=O)CCCCCCCCCCCCCCCC)OC(=O)CCCCCCCCCCCCCCCCCC. The maximum atomic E-state index is 13.0. The molecule has 17 nitrogen and oxygen atoms in total. The molecule has 0 aliphatic rings. The summed E-state index contributed by atoms with van der Waals surface area (Å²) in [5.41, 5.74) is 0. The Kier molecular flexibility index (Phi) is 63.4. The van der Waals surface area contributed by atoms with Crippen LogP contribution in [0.25, 0.3) is 0 Å². The third-order valence-corrected chi connectivity index (χ3v) is 17.9. The molecule has 0 bridgehead atoms. The van der Waals surface area contributed by atoms with E-state index in [1.807, 2.05) is 0 Å². The number of phosphoric acid groups is 2. The number of carbonyl (C=O) groups is 4. The first-order valence-electron chi connectivity index (χ1n) is 36.6. The van der Waals surface area contributed by atoms with Crippen molar-refractivity contribution in [1.82, 2.24) is 0 Å². The Balaban J connectivity index is 5.19. The Hall–Kier alpha value is -2.46.